The molecule has 0 amide bonds. The molecule has 0 heterocycles. The van der Waals surface area contributed by atoms with Gasteiger partial charge in [0.05, 0.1) is 17.1 Å². The number of hydrogen-bond donors (Lipinski definition) is 1. The Kier molecular flexibility index (Phi) is 3.95. The van der Waals surface area contributed by atoms with E-state index in [1.54, 1.807) is 0 Å². The van der Waals surface area contributed by atoms with Crippen LogP contribution in [0.2, 0.25) is 0 Å². The lowest BCUT2D eigenvalue weighted by Crippen LogP contribution is -2.36. The van der Waals surface area contributed by atoms with Gasteiger partial charge >= 0.3 is 0 Å². The molecule has 1 aliphatic carbocycles. The zero-order valence-corrected chi connectivity index (χ0v) is 9.76. The topological polar surface area (TPSA) is 54.4 Å². The summed E-state index contributed by atoms with van der Waals surface area (Å²) in [5.41, 5.74) is 0. The molecular formula is C10H20O3S. The highest BCUT2D eigenvalue weighted by atomic mass is 32.2. The third kappa shape index (κ3) is 2.28. The highest BCUT2D eigenvalue weighted by Gasteiger charge is 2.36. The van der Waals surface area contributed by atoms with Gasteiger partial charge in [-0.1, -0.05) is 26.7 Å². The Hall–Kier alpha value is -0.0900. The highest BCUT2D eigenvalue weighted by molar-refractivity contribution is 7.92. The molecule has 4 heteroatoms. The maximum absolute atomic E-state index is 12.0. The van der Waals surface area contributed by atoms with E-state index >= 15 is 0 Å². The first-order valence-electron chi connectivity index (χ1n) is 5.33. The van der Waals surface area contributed by atoms with Gasteiger partial charge in [0, 0.05) is 0 Å². The van der Waals surface area contributed by atoms with Crippen molar-refractivity contribution in [2.24, 2.45) is 5.92 Å². The number of rotatable bonds is 4. The van der Waals surface area contributed by atoms with Crippen molar-refractivity contribution < 1.29 is 13.5 Å². The molecule has 0 aromatic carbocycles. The quantitative estimate of drug-likeness (QED) is 0.778. The second-order valence-electron chi connectivity index (χ2n) is 4.46. The Morgan fingerprint density at radius 3 is 2.14 bits per heavy atom. The van der Waals surface area contributed by atoms with E-state index in [0.29, 0.717) is 0 Å². The maximum atomic E-state index is 12.0. The van der Waals surface area contributed by atoms with Crippen LogP contribution in [0.25, 0.3) is 0 Å². The van der Waals surface area contributed by atoms with Crippen molar-refractivity contribution in [3.05, 3.63) is 0 Å². The highest BCUT2D eigenvalue weighted by Crippen LogP contribution is 2.29. The molecule has 3 nitrogen and oxygen atoms in total. The molecule has 0 aromatic heterocycles. The summed E-state index contributed by atoms with van der Waals surface area (Å²) in [6.45, 7) is 3.47. The van der Waals surface area contributed by atoms with E-state index in [0.717, 1.165) is 25.7 Å². The van der Waals surface area contributed by atoms with E-state index in [4.69, 9.17) is 5.11 Å². The zero-order chi connectivity index (χ0) is 10.8. The van der Waals surface area contributed by atoms with Crippen molar-refractivity contribution in [2.75, 3.05) is 6.61 Å². The predicted molar refractivity (Wildman–Crippen MR) is 56.9 cm³/mol. The fourth-order valence-electron chi connectivity index (χ4n) is 2.16. The summed E-state index contributed by atoms with van der Waals surface area (Å²) in [7, 11) is -3.10. The summed E-state index contributed by atoms with van der Waals surface area (Å²) in [5, 5.41) is 8.36. The molecule has 1 aliphatic rings. The average molecular weight is 220 g/mol. The summed E-state index contributed by atoms with van der Waals surface area (Å²) in [6.07, 6.45) is 3.59. The molecule has 14 heavy (non-hydrogen) atoms. The van der Waals surface area contributed by atoms with E-state index in [1.165, 1.54) is 0 Å². The van der Waals surface area contributed by atoms with Crippen molar-refractivity contribution in [2.45, 2.75) is 50.0 Å². The van der Waals surface area contributed by atoms with Crippen molar-refractivity contribution in [1.82, 2.24) is 0 Å². The number of hydrogen-bond acceptors (Lipinski definition) is 3. The van der Waals surface area contributed by atoms with Gasteiger partial charge in [-0.2, -0.15) is 0 Å². The summed E-state index contributed by atoms with van der Waals surface area (Å²) in [4.78, 5) is 0. The Morgan fingerprint density at radius 2 is 1.79 bits per heavy atom. The molecular weight excluding hydrogens is 200 g/mol. The van der Waals surface area contributed by atoms with Crippen LogP contribution >= 0.6 is 0 Å². The third-order valence-corrected chi connectivity index (χ3v) is 6.05. The van der Waals surface area contributed by atoms with Crippen molar-refractivity contribution in [1.29, 1.82) is 0 Å². The van der Waals surface area contributed by atoms with Crippen LogP contribution in [0, 0.1) is 5.92 Å². The lowest BCUT2D eigenvalue weighted by molar-refractivity contribution is 0.268. The van der Waals surface area contributed by atoms with Crippen LogP contribution in [0.3, 0.4) is 0 Å². The minimum absolute atomic E-state index is 0.00519. The lowest BCUT2D eigenvalue weighted by atomic mass is 10.1. The van der Waals surface area contributed by atoms with Crippen LogP contribution in [0.4, 0.5) is 0 Å². The summed E-state index contributed by atoms with van der Waals surface area (Å²) < 4.78 is 24.1. The molecule has 0 saturated heterocycles. The normalized spacial score (nSPS) is 21.7. The molecule has 0 radical (unpaired) electrons. The van der Waals surface area contributed by atoms with Crippen LogP contribution in [0.5, 0.6) is 0 Å². The molecule has 84 valence electrons. The van der Waals surface area contributed by atoms with E-state index in [2.05, 4.69) is 0 Å². The minimum Gasteiger partial charge on any atom is -0.395 e. The van der Waals surface area contributed by atoms with Gasteiger partial charge in [-0.3, -0.25) is 0 Å². The molecule has 1 N–H and O–H groups in total. The second-order valence-corrected chi connectivity index (χ2v) is 6.91. The molecule has 0 bridgehead atoms. The fourth-order valence-corrected chi connectivity index (χ4v) is 4.61. The summed E-state index contributed by atoms with van der Waals surface area (Å²) in [6, 6.07) is 0. The van der Waals surface area contributed by atoms with Gasteiger partial charge in [-0.05, 0) is 18.8 Å². The Labute approximate surface area is 86.4 Å². The summed E-state index contributed by atoms with van der Waals surface area (Å²) >= 11 is 0. The maximum Gasteiger partial charge on any atom is 0.158 e. The first-order chi connectivity index (χ1) is 6.50. The van der Waals surface area contributed by atoms with Crippen LogP contribution in [0.15, 0.2) is 0 Å². The van der Waals surface area contributed by atoms with Crippen LogP contribution in [-0.4, -0.2) is 30.6 Å². The molecule has 0 aromatic rings. The van der Waals surface area contributed by atoms with Crippen LogP contribution < -0.4 is 0 Å². The molecule has 1 atom stereocenters. The van der Waals surface area contributed by atoms with E-state index in [-0.39, 0.29) is 17.8 Å². The molecule has 1 rings (SSSR count). The van der Waals surface area contributed by atoms with Crippen molar-refractivity contribution in [3.63, 3.8) is 0 Å². The van der Waals surface area contributed by atoms with Gasteiger partial charge in [0.2, 0.25) is 0 Å². The predicted octanol–water partition coefficient (Wildman–Crippen LogP) is 1.36. The van der Waals surface area contributed by atoms with E-state index in [9.17, 15) is 8.42 Å². The van der Waals surface area contributed by atoms with Crippen molar-refractivity contribution >= 4 is 9.84 Å². The van der Waals surface area contributed by atoms with Gasteiger partial charge in [0.1, 0.15) is 0 Å². The monoisotopic (exact) mass is 220 g/mol. The molecule has 0 spiro atoms. The largest absolute Gasteiger partial charge is 0.395 e. The van der Waals surface area contributed by atoms with Crippen LogP contribution in [-0.2, 0) is 9.84 Å². The van der Waals surface area contributed by atoms with Crippen molar-refractivity contribution in [3.8, 4) is 0 Å². The second kappa shape index (κ2) is 4.62. The van der Waals surface area contributed by atoms with Gasteiger partial charge in [-0.25, -0.2) is 8.42 Å². The number of aliphatic hydroxyl groups excluding tert-OH is 1. The first kappa shape index (κ1) is 12.0. The number of sulfone groups is 1. The molecule has 1 fully saturated rings. The lowest BCUT2D eigenvalue weighted by Gasteiger charge is -2.22. The molecule has 0 aliphatic heterocycles. The van der Waals surface area contributed by atoms with E-state index in [1.807, 2.05) is 13.8 Å². The molecule has 1 unspecified atom stereocenters. The molecule has 1 saturated carbocycles. The first-order valence-corrected chi connectivity index (χ1v) is 6.94. The van der Waals surface area contributed by atoms with E-state index < -0.39 is 15.1 Å². The van der Waals surface area contributed by atoms with Gasteiger partial charge in [0.15, 0.2) is 9.84 Å². The van der Waals surface area contributed by atoms with Gasteiger partial charge in [0.25, 0.3) is 0 Å². The SMILES string of the molecule is CC(C)C(CO)S(=O)(=O)C1CCCC1. The smallest absolute Gasteiger partial charge is 0.158 e. The third-order valence-electron chi connectivity index (χ3n) is 3.11. The van der Waals surface area contributed by atoms with Gasteiger partial charge in [-0.15, -0.1) is 0 Å². The fraction of sp³-hybridized carbons (Fsp3) is 1.00. The standard InChI is InChI=1S/C10H20O3S/c1-8(2)10(7-11)14(12,13)9-5-3-4-6-9/h8-11H,3-7H2,1-2H3. The summed E-state index contributed by atoms with van der Waals surface area (Å²) in [5.74, 6) is 0.00519. The minimum atomic E-state index is -3.10. The zero-order valence-electron chi connectivity index (χ0n) is 8.94. The number of aliphatic hydroxyl groups is 1. The Bertz CT molecular complexity index is 263. The van der Waals surface area contributed by atoms with Crippen LogP contribution in [0.1, 0.15) is 39.5 Å². The Balaban J connectivity index is 2.81. The average Bonchev–Trinajstić information content (AvgIpc) is 2.55. The van der Waals surface area contributed by atoms with Gasteiger partial charge < -0.3 is 5.11 Å². The Morgan fingerprint density at radius 1 is 1.29 bits per heavy atom.